The first kappa shape index (κ1) is 27.8. The molecule has 0 bridgehead atoms. The van der Waals surface area contributed by atoms with Gasteiger partial charge in [-0.3, -0.25) is 14.4 Å². The summed E-state index contributed by atoms with van der Waals surface area (Å²) in [6, 6.07) is 15.3. The molecule has 41 heavy (non-hydrogen) atoms. The number of nitrogens with zero attached hydrogens (tertiary/aromatic N) is 3. The van der Waals surface area contributed by atoms with Crippen molar-refractivity contribution in [2.24, 2.45) is 11.8 Å². The number of unbranched alkanes of at least 4 members (excludes halogenated alkanes) is 1. The minimum atomic E-state index is -0.842. The lowest BCUT2D eigenvalue weighted by atomic mass is 9.78. The maximum Gasteiger partial charge on any atom is 0.251 e. The van der Waals surface area contributed by atoms with E-state index in [-0.39, 0.29) is 29.6 Å². The number of hydrogen-bond acceptors (Lipinski definition) is 5. The lowest BCUT2D eigenvalue weighted by Crippen LogP contribution is -2.53. The molecule has 5 atom stereocenters. The Bertz CT molecular complexity index is 1410. The van der Waals surface area contributed by atoms with E-state index in [0.717, 1.165) is 22.4 Å². The number of anilines is 1. The number of carbonyl (C=O) groups is 3. The molecule has 6 rings (SSSR count). The summed E-state index contributed by atoms with van der Waals surface area (Å²) in [6.45, 7) is 5.80. The van der Waals surface area contributed by atoms with Gasteiger partial charge < -0.3 is 19.8 Å². The summed E-state index contributed by atoms with van der Waals surface area (Å²) in [5.74, 6) is -1.45. The topological polar surface area (TPSA) is 81.2 Å². The number of aliphatic hydroxyl groups excluding tert-OH is 1. The Morgan fingerprint density at radius 1 is 0.951 bits per heavy atom. The molecule has 0 aliphatic carbocycles. The Hall–Kier alpha value is -3.36. The Morgan fingerprint density at radius 2 is 1.76 bits per heavy atom. The van der Waals surface area contributed by atoms with Crippen LogP contribution in [0.3, 0.4) is 0 Å². The molecule has 0 radical (unpaired) electrons. The number of fused-ring (bicyclic) bond motifs is 2. The summed E-state index contributed by atoms with van der Waals surface area (Å²) in [5, 5.41) is 9.27. The Morgan fingerprint density at radius 3 is 2.54 bits per heavy atom. The van der Waals surface area contributed by atoms with Crippen LogP contribution < -0.4 is 4.90 Å². The van der Waals surface area contributed by atoms with Gasteiger partial charge in [0.1, 0.15) is 6.04 Å². The molecule has 4 aliphatic rings. The summed E-state index contributed by atoms with van der Waals surface area (Å²) >= 11 is 1.61. The Kier molecular flexibility index (Phi) is 7.55. The highest BCUT2D eigenvalue weighted by atomic mass is 32.2. The van der Waals surface area contributed by atoms with Crippen molar-refractivity contribution in [1.29, 1.82) is 0 Å². The number of amides is 3. The molecule has 214 valence electrons. The number of aryl methyl sites for hydroxylation is 2. The third-order valence-electron chi connectivity index (χ3n) is 8.92. The van der Waals surface area contributed by atoms with Crippen molar-refractivity contribution < 1.29 is 19.5 Å². The molecule has 2 fully saturated rings. The SMILES string of the molecule is Cc1ccc(C)c(N2CC=C[C@]34S[C@H]5C=CCN(Cc6ccccc6)C(=O)[C@H]5[C@H]3C(=O)N(CCCCO)C4C2=O)c1. The number of likely N-dealkylation sites (tertiary alicyclic amines) is 1. The van der Waals surface area contributed by atoms with Gasteiger partial charge in [-0.2, -0.15) is 0 Å². The van der Waals surface area contributed by atoms with Gasteiger partial charge in [-0.1, -0.05) is 66.8 Å². The van der Waals surface area contributed by atoms with Crippen LogP contribution in [0.2, 0.25) is 0 Å². The third-order valence-corrected chi connectivity index (χ3v) is 10.7. The van der Waals surface area contributed by atoms with Gasteiger partial charge in [0.25, 0.3) is 5.91 Å². The molecule has 2 aromatic rings. The zero-order valence-corrected chi connectivity index (χ0v) is 24.4. The molecule has 4 heterocycles. The average molecular weight is 572 g/mol. The highest BCUT2D eigenvalue weighted by Gasteiger charge is 2.71. The normalized spacial score (nSPS) is 29.0. The van der Waals surface area contributed by atoms with Crippen molar-refractivity contribution in [1.82, 2.24) is 9.80 Å². The number of thioether (sulfide) groups is 1. The molecule has 2 saturated heterocycles. The second kappa shape index (κ2) is 11.1. The van der Waals surface area contributed by atoms with E-state index in [1.54, 1.807) is 21.6 Å². The van der Waals surface area contributed by atoms with Crippen LogP contribution in [0, 0.1) is 25.7 Å². The molecular weight excluding hydrogens is 534 g/mol. The van der Waals surface area contributed by atoms with Crippen LogP contribution in [0.1, 0.15) is 29.5 Å². The molecule has 8 heteroatoms. The van der Waals surface area contributed by atoms with Crippen molar-refractivity contribution in [2.75, 3.05) is 31.1 Å². The van der Waals surface area contributed by atoms with Crippen molar-refractivity contribution in [3.8, 4) is 0 Å². The molecule has 0 aromatic heterocycles. The van der Waals surface area contributed by atoms with Crippen LogP contribution in [0.5, 0.6) is 0 Å². The van der Waals surface area contributed by atoms with E-state index in [9.17, 15) is 19.5 Å². The average Bonchev–Trinajstić information content (AvgIpc) is 3.28. The van der Waals surface area contributed by atoms with Crippen LogP contribution >= 0.6 is 11.8 Å². The predicted octanol–water partition coefficient (Wildman–Crippen LogP) is 3.87. The van der Waals surface area contributed by atoms with E-state index in [2.05, 4.69) is 12.2 Å². The van der Waals surface area contributed by atoms with Gasteiger partial charge in [-0.15, -0.1) is 11.8 Å². The van der Waals surface area contributed by atoms with E-state index >= 15 is 0 Å². The molecule has 0 saturated carbocycles. The van der Waals surface area contributed by atoms with Gasteiger partial charge in [-0.25, -0.2) is 0 Å². The van der Waals surface area contributed by atoms with E-state index in [4.69, 9.17) is 0 Å². The largest absolute Gasteiger partial charge is 0.396 e. The zero-order chi connectivity index (χ0) is 28.7. The zero-order valence-electron chi connectivity index (χ0n) is 23.6. The molecule has 1 N–H and O–H groups in total. The summed E-state index contributed by atoms with van der Waals surface area (Å²) in [6.07, 6.45) is 9.35. The number of carbonyl (C=O) groups excluding carboxylic acids is 3. The van der Waals surface area contributed by atoms with Crippen LogP contribution in [0.25, 0.3) is 0 Å². The first-order valence-electron chi connectivity index (χ1n) is 14.5. The van der Waals surface area contributed by atoms with Gasteiger partial charge in [-0.05, 0) is 49.4 Å². The summed E-state index contributed by atoms with van der Waals surface area (Å²) < 4.78 is -0.842. The fourth-order valence-electron chi connectivity index (χ4n) is 7.00. The minimum Gasteiger partial charge on any atom is -0.396 e. The highest BCUT2D eigenvalue weighted by molar-refractivity contribution is 8.02. The molecule has 1 spiro atoms. The van der Waals surface area contributed by atoms with Gasteiger partial charge in [0, 0.05) is 43.7 Å². The highest BCUT2D eigenvalue weighted by Crippen LogP contribution is 2.61. The summed E-state index contributed by atoms with van der Waals surface area (Å²) in [4.78, 5) is 48.6. The monoisotopic (exact) mass is 571 g/mol. The number of aliphatic hydroxyl groups is 1. The van der Waals surface area contributed by atoms with Crippen LogP contribution in [0.4, 0.5) is 5.69 Å². The van der Waals surface area contributed by atoms with E-state index in [1.807, 2.05) is 79.4 Å². The number of hydrogen-bond donors (Lipinski definition) is 1. The fraction of sp³-hybridized carbons (Fsp3) is 0.424. The van der Waals surface area contributed by atoms with Gasteiger partial charge in [0.2, 0.25) is 11.8 Å². The van der Waals surface area contributed by atoms with E-state index in [1.165, 1.54) is 0 Å². The molecule has 7 nitrogen and oxygen atoms in total. The second-order valence-corrected chi connectivity index (χ2v) is 13.1. The van der Waals surface area contributed by atoms with Crippen LogP contribution in [0.15, 0.2) is 72.8 Å². The lowest BCUT2D eigenvalue weighted by Gasteiger charge is -2.35. The smallest absolute Gasteiger partial charge is 0.251 e. The minimum absolute atomic E-state index is 0.0287. The molecule has 4 aliphatic heterocycles. The van der Waals surface area contributed by atoms with Crippen molar-refractivity contribution in [2.45, 2.75) is 49.3 Å². The first-order valence-corrected chi connectivity index (χ1v) is 15.4. The van der Waals surface area contributed by atoms with E-state index in [0.29, 0.717) is 39.0 Å². The van der Waals surface area contributed by atoms with Gasteiger partial charge in [0.05, 0.1) is 16.6 Å². The maximum atomic E-state index is 14.6. The first-order chi connectivity index (χ1) is 19.9. The van der Waals surface area contributed by atoms with Gasteiger partial charge >= 0.3 is 0 Å². The van der Waals surface area contributed by atoms with Crippen LogP contribution in [-0.4, -0.2) is 74.9 Å². The molecule has 1 unspecified atom stereocenters. The number of rotatable bonds is 7. The molecule has 3 amide bonds. The lowest BCUT2D eigenvalue weighted by molar-refractivity contribution is -0.143. The van der Waals surface area contributed by atoms with Crippen molar-refractivity contribution >= 4 is 35.2 Å². The molecule has 2 aromatic carbocycles. The quantitative estimate of drug-likeness (QED) is 0.403. The third kappa shape index (κ3) is 4.71. The Labute approximate surface area is 245 Å². The number of benzene rings is 2. The van der Waals surface area contributed by atoms with Crippen LogP contribution in [-0.2, 0) is 20.9 Å². The second-order valence-electron chi connectivity index (χ2n) is 11.6. The van der Waals surface area contributed by atoms with Crippen molar-refractivity contribution in [3.63, 3.8) is 0 Å². The summed E-state index contributed by atoms with van der Waals surface area (Å²) in [7, 11) is 0. The molecular formula is C33H37N3O4S. The van der Waals surface area contributed by atoms with E-state index < -0.39 is 22.6 Å². The van der Waals surface area contributed by atoms with Gasteiger partial charge in [0.15, 0.2) is 0 Å². The Balaban J connectivity index is 1.40. The predicted molar refractivity (Wildman–Crippen MR) is 161 cm³/mol. The van der Waals surface area contributed by atoms with Crippen molar-refractivity contribution in [3.05, 3.63) is 89.5 Å². The standard InChI is InChI=1S/C33H37N3O4S/c1-22-13-14-23(2)25(20-22)35-18-9-15-33-28(31(39)36(17-6-7-19-37)29(33)32(35)40)27-26(41-33)12-8-16-34(30(27)38)21-24-10-4-3-5-11-24/h3-5,8-15,20,26-29,37H,6-7,16-19,21H2,1-2H3/t26-,27+,28-,29?,33-/m0/s1. The maximum absolute atomic E-state index is 14.6. The summed E-state index contributed by atoms with van der Waals surface area (Å²) in [5.41, 5.74) is 3.96. The fourth-order valence-corrected chi connectivity index (χ4v) is 9.00.